The molecular formula is C18H27NO5. The third-order valence-electron chi connectivity index (χ3n) is 5.83. The first-order valence-corrected chi connectivity index (χ1v) is 9.01. The molecule has 24 heavy (non-hydrogen) atoms. The first-order valence-electron chi connectivity index (χ1n) is 9.01. The lowest BCUT2D eigenvalue weighted by molar-refractivity contribution is -0.138. The van der Waals surface area contributed by atoms with E-state index in [9.17, 15) is 15.0 Å². The molecule has 0 amide bonds. The second-order valence-electron chi connectivity index (χ2n) is 7.33. The zero-order chi connectivity index (χ0) is 17.1. The van der Waals surface area contributed by atoms with E-state index in [4.69, 9.17) is 9.94 Å². The van der Waals surface area contributed by atoms with Crippen molar-refractivity contribution in [3.8, 4) is 0 Å². The predicted octanol–water partition coefficient (Wildman–Crippen LogP) is 1.96. The van der Waals surface area contributed by atoms with Crippen LogP contribution in [0.4, 0.5) is 0 Å². The summed E-state index contributed by atoms with van der Waals surface area (Å²) in [7, 11) is 0. The van der Waals surface area contributed by atoms with Crippen LogP contribution in [0.25, 0.3) is 0 Å². The van der Waals surface area contributed by atoms with E-state index in [-0.39, 0.29) is 24.9 Å². The van der Waals surface area contributed by atoms with Gasteiger partial charge in [-0.2, -0.15) is 0 Å². The van der Waals surface area contributed by atoms with Crippen LogP contribution in [0.3, 0.4) is 0 Å². The van der Waals surface area contributed by atoms with E-state index in [2.05, 4.69) is 5.16 Å². The molecule has 0 spiro atoms. The highest BCUT2D eigenvalue weighted by Crippen LogP contribution is 2.49. The average molecular weight is 337 g/mol. The highest BCUT2D eigenvalue weighted by Gasteiger charge is 2.51. The van der Waals surface area contributed by atoms with Crippen LogP contribution in [0.1, 0.15) is 44.9 Å². The van der Waals surface area contributed by atoms with Crippen molar-refractivity contribution in [1.29, 1.82) is 0 Å². The summed E-state index contributed by atoms with van der Waals surface area (Å²) >= 11 is 0. The minimum absolute atomic E-state index is 0.0576. The average Bonchev–Trinajstić information content (AvgIpc) is 3.14. The Labute approximate surface area is 142 Å². The first-order chi connectivity index (χ1) is 11.6. The maximum absolute atomic E-state index is 10.4. The van der Waals surface area contributed by atoms with Gasteiger partial charge in [0.15, 0.2) is 0 Å². The number of oxime groups is 1. The van der Waals surface area contributed by atoms with Crippen LogP contribution in [0.2, 0.25) is 0 Å². The summed E-state index contributed by atoms with van der Waals surface area (Å²) in [6, 6.07) is 0. The van der Waals surface area contributed by atoms with E-state index in [0.29, 0.717) is 18.3 Å². The number of hydrogen-bond donors (Lipinski definition) is 3. The van der Waals surface area contributed by atoms with Crippen LogP contribution < -0.4 is 0 Å². The number of hydrogen-bond acceptors (Lipinski definition) is 5. The molecule has 3 aliphatic rings. The maximum Gasteiger partial charge on any atom is 0.306 e. The number of rotatable bonds is 7. The summed E-state index contributed by atoms with van der Waals surface area (Å²) < 4.78 is 0. The smallest absolute Gasteiger partial charge is 0.306 e. The number of carboxylic acids is 1. The van der Waals surface area contributed by atoms with E-state index in [0.717, 1.165) is 25.0 Å². The second-order valence-corrected chi connectivity index (χ2v) is 7.33. The molecule has 0 radical (unpaired) electrons. The Bertz CT molecular complexity index is 512. The van der Waals surface area contributed by atoms with Gasteiger partial charge in [-0.25, -0.2) is 0 Å². The van der Waals surface area contributed by atoms with Gasteiger partial charge in [0.05, 0.1) is 24.3 Å². The minimum atomic E-state index is -0.899. The summed E-state index contributed by atoms with van der Waals surface area (Å²) in [6.07, 6.45) is 9.06. The molecule has 0 bridgehead atoms. The zero-order valence-electron chi connectivity index (χ0n) is 13.9. The molecule has 134 valence electrons. The highest BCUT2D eigenvalue weighted by atomic mass is 16.6. The van der Waals surface area contributed by atoms with E-state index in [1.54, 1.807) is 0 Å². The van der Waals surface area contributed by atoms with Gasteiger partial charge >= 0.3 is 5.97 Å². The van der Waals surface area contributed by atoms with Crippen molar-refractivity contribution in [1.82, 2.24) is 0 Å². The summed E-state index contributed by atoms with van der Waals surface area (Å²) in [5, 5.41) is 33.2. The van der Waals surface area contributed by atoms with Crippen molar-refractivity contribution in [2.75, 3.05) is 6.61 Å². The first kappa shape index (κ1) is 17.4. The summed E-state index contributed by atoms with van der Waals surface area (Å²) in [5.74, 6) is 0.127. The Hall–Kier alpha value is -1.40. The van der Waals surface area contributed by atoms with Crippen molar-refractivity contribution in [2.24, 2.45) is 28.8 Å². The van der Waals surface area contributed by atoms with Crippen molar-refractivity contribution < 1.29 is 25.0 Å². The normalized spacial score (nSPS) is 36.0. The Morgan fingerprint density at radius 3 is 2.83 bits per heavy atom. The van der Waals surface area contributed by atoms with E-state index in [1.165, 1.54) is 12.8 Å². The van der Waals surface area contributed by atoms with Gasteiger partial charge in [-0.1, -0.05) is 30.1 Å². The Kier molecular flexibility index (Phi) is 5.56. The molecule has 0 heterocycles. The fraction of sp³-hybridized carbons (Fsp3) is 0.778. The monoisotopic (exact) mass is 337 g/mol. The third-order valence-corrected chi connectivity index (χ3v) is 5.83. The minimum Gasteiger partial charge on any atom is -0.481 e. The van der Waals surface area contributed by atoms with Crippen LogP contribution in [0, 0.1) is 23.7 Å². The summed E-state index contributed by atoms with van der Waals surface area (Å²) in [4.78, 5) is 15.5. The lowest BCUT2D eigenvalue weighted by Crippen LogP contribution is -2.36. The Morgan fingerprint density at radius 1 is 1.38 bits per heavy atom. The molecule has 5 atom stereocenters. The molecule has 0 aromatic heterocycles. The SMILES string of the molecule is O=C(O)CCON=C1C[C@H]2C(C=CC(O)C3CCCC3)C(O)C[C@H]12. The number of carbonyl (C=O) groups is 1. The molecule has 0 aromatic rings. The Balaban J connectivity index is 1.49. The Morgan fingerprint density at radius 2 is 2.12 bits per heavy atom. The van der Waals surface area contributed by atoms with E-state index < -0.39 is 18.2 Å². The molecule has 3 unspecified atom stereocenters. The quantitative estimate of drug-likeness (QED) is 0.375. The zero-order valence-corrected chi connectivity index (χ0v) is 13.9. The molecule has 3 fully saturated rings. The van der Waals surface area contributed by atoms with Crippen LogP contribution in [-0.4, -0.2) is 45.8 Å². The molecule has 3 N–H and O–H groups in total. The lowest BCUT2D eigenvalue weighted by atomic mass is 9.71. The summed E-state index contributed by atoms with van der Waals surface area (Å²) in [6.45, 7) is 0.0791. The molecule has 3 saturated carbocycles. The standard InChI is InChI=1S/C18H27NO5/c20-16(11-3-1-2-4-11)6-5-12-13-9-15(14(13)10-17(12)21)19-24-8-7-18(22)23/h5-6,11-14,16-17,20-21H,1-4,7-10H2,(H,22,23)/t12?,13-,14-,16?,17?/m0/s1. The molecule has 6 nitrogen and oxygen atoms in total. The van der Waals surface area contributed by atoms with E-state index >= 15 is 0 Å². The van der Waals surface area contributed by atoms with Crippen LogP contribution in [0.15, 0.2) is 17.3 Å². The van der Waals surface area contributed by atoms with Gasteiger partial charge in [0, 0.05) is 11.8 Å². The number of aliphatic hydroxyl groups excluding tert-OH is 2. The summed E-state index contributed by atoms with van der Waals surface area (Å²) in [5.41, 5.74) is 0.927. The predicted molar refractivity (Wildman–Crippen MR) is 88.5 cm³/mol. The number of aliphatic hydroxyl groups is 2. The van der Waals surface area contributed by atoms with Gasteiger partial charge in [-0.3, -0.25) is 4.79 Å². The lowest BCUT2D eigenvalue weighted by Gasteiger charge is -2.34. The van der Waals surface area contributed by atoms with Crippen molar-refractivity contribution in [2.45, 2.75) is 57.2 Å². The number of nitrogens with zero attached hydrogens (tertiary/aromatic N) is 1. The van der Waals surface area contributed by atoms with Crippen molar-refractivity contribution in [3.63, 3.8) is 0 Å². The van der Waals surface area contributed by atoms with Crippen molar-refractivity contribution >= 4 is 11.7 Å². The second kappa shape index (κ2) is 7.66. The van der Waals surface area contributed by atoms with Gasteiger partial charge in [0.1, 0.15) is 6.61 Å². The van der Waals surface area contributed by atoms with Gasteiger partial charge in [-0.15, -0.1) is 0 Å². The third kappa shape index (κ3) is 3.81. The fourth-order valence-electron chi connectivity index (χ4n) is 4.38. The van der Waals surface area contributed by atoms with Gasteiger partial charge < -0.3 is 20.2 Å². The van der Waals surface area contributed by atoms with E-state index in [1.807, 2.05) is 12.2 Å². The number of carboxylic acid groups (broad SMARTS) is 1. The highest BCUT2D eigenvalue weighted by molar-refractivity contribution is 5.93. The van der Waals surface area contributed by atoms with Crippen LogP contribution in [-0.2, 0) is 9.63 Å². The molecule has 0 aromatic carbocycles. The number of fused-ring (bicyclic) bond motifs is 1. The molecule has 0 saturated heterocycles. The molecule has 0 aliphatic heterocycles. The van der Waals surface area contributed by atoms with Crippen molar-refractivity contribution in [3.05, 3.63) is 12.2 Å². The largest absolute Gasteiger partial charge is 0.481 e. The van der Waals surface area contributed by atoms with Gasteiger partial charge in [0.25, 0.3) is 0 Å². The molecule has 3 rings (SSSR count). The van der Waals surface area contributed by atoms with Gasteiger partial charge in [0.2, 0.25) is 0 Å². The molecule has 3 aliphatic carbocycles. The maximum atomic E-state index is 10.4. The molecule has 6 heteroatoms. The number of aliphatic carboxylic acids is 1. The van der Waals surface area contributed by atoms with Crippen LogP contribution >= 0.6 is 0 Å². The topological polar surface area (TPSA) is 99.4 Å². The van der Waals surface area contributed by atoms with Gasteiger partial charge in [-0.05, 0) is 37.5 Å². The fourth-order valence-corrected chi connectivity index (χ4v) is 4.38. The molecular weight excluding hydrogens is 310 g/mol. The van der Waals surface area contributed by atoms with Crippen LogP contribution in [0.5, 0.6) is 0 Å².